The average Bonchev–Trinajstić information content (AvgIpc) is 2.33. The molecule has 1 aromatic carbocycles. The Labute approximate surface area is 106 Å². The molecule has 0 radical (unpaired) electrons. The van der Waals surface area contributed by atoms with E-state index in [-0.39, 0.29) is 0 Å². The highest BCUT2D eigenvalue weighted by atomic mass is 35.5. The van der Waals surface area contributed by atoms with Crippen LogP contribution in [0.2, 0.25) is 5.02 Å². The lowest BCUT2D eigenvalue weighted by molar-refractivity contribution is 0.362. The summed E-state index contributed by atoms with van der Waals surface area (Å²) in [6.07, 6.45) is 0. The number of hydrogen-bond donors (Lipinski definition) is 2. The second kappa shape index (κ2) is 5.22. The highest BCUT2D eigenvalue weighted by molar-refractivity contribution is 7.90. The van der Waals surface area contributed by atoms with Crippen molar-refractivity contribution < 1.29 is 8.42 Å². The van der Waals surface area contributed by atoms with Crippen LogP contribution in [0.15, 0.2) is 24.3 Å². The maximum Gasteiger partial charge on any atom is 0.301 e. The van der Waals surface area contributed by atoms with E-state index >= 15 is 0 Å². The lowest BCUT2D eigenvalue weighted by atomic mass is 10.3. The van der Waals surface area contributed by atoms with Crippen LogP contribution in [0.5, 0.6) is 0 Å². The molecule has 2 rings (SSSR count). The molecule has 1 fully saturated rings. The van der Waals surface area contributed by atoms with Crippen LogP contribution >= 0.6 is 11.6 Å². The van der Waals surface area contributed by atoms with Gasteiger partial charge in [0.1, 0.15) is 0 Å². The van der Waals surface area contributed by atoms with Crippen molar-refractivity contribution >= 4 is 27.5 Å². The molecule has 1 aromatic rings. The fourth-order valence-corrected chi connectivity index (χ4v) is 3.12. The summed E-state index contributed by atoms with van der Waals surface area (Å²) in [6.45, 7) is 2.28. The molecular formula is C10H14ClN3O2S. The number of hydrogen-bond acceptors (Lipinski definition) is 3. The van der Waals surface area contributed by atoms with Crippen LogP contribution < -0.4 is 10.0 Å². The molecule has 0 unspecified atom stereocenters. The van der Waals surface area contributed by atoms with Gasteiger partial charge in [0.15, 0.2) is 0 Å². The summed E-state index contributed by atoms with van der Waals surface area (Å²) in [5.74, 6) is 0. The van der Waals surface area contributed by atoms with Crippen LogP contribution in [0.4, 0.5) is 5.69 Å². The minimum atomic E-state index is -3.50. The van der Waals surface area contributed by atoms with Gasteiger partial charge in [0.05, 0.1) is 10.7 Å². The van der Waals surface area contributed by atoms with Gasteiger partial charge in [0.2, 0.25) is 0 Å². The maximum absolute atomic E-state index is 12.0. The topological polar surface area (TPSA) is 61.4 Å². The van der Waals surface area contributed by atoms with E-state index < -0.39 is 10.2 Å². The fraction of sp³-hybridized carbons (Fsp3) is 0.400. The van der Waals surface area contributed by atoms with Crippen molar-refractivity contribution in [2.45, 2.75) is 0 Å². The number of anilines is 1. The standard InChI is InChI=1S/C10H14ClN3O2S/c11-9-3-1-2-4-10(9)13-17(15,16)14-7-5-12-6-8-14/h1-4,12-13H,5-8H2. The summed E-state index contributed by atoms with van der Waals surface area (Å²) in [7, 11) is -3.50. The molecule has 0 saturated carbocycles. The zero-order valence-electron chi connectivity index (χ0n) is 9.19. The zero-order valence-corrected chi connectivity index (χ0v) is 10.8. The molecule has 0 aromatic heterocycles. The van der Waals surface area contributed by atoms with Crippen LogP contribution in [0.3, 0.4) is 0 Å². The van der Waals surface area contributed by atoms with Crippen molar-refractivity contribution in [3.63, 3.8) is 0 Å². The van der Waals surface area contributed by atoms with Crippen molar-refractivity contribution in [1.29, 1.82) is 0 Å². The van der Waals surface area contributed by atoms with Crippen molar-refractivity contribution in [2.24, 2.45) is 0 Å². The Balaban J connectivity index is 2.14. The summed E-state index contributed by atoms with van der Waals surface area (Å²) < 4.78 is 28.0. The third kappa shape index (κ3) is 3.10. The molecule has 1 heterocycles. The first kappa shape index (κ1) is 12.6. The first-order chi connectivity index (χ1) is 8.09. The number of halogens is 1. The largest absolute Gasteiger partial charge is 0.314 e. The minimum absolute atomic E-state index is 0.395. The van der Waals surface area contributed by atoms with E-state index in [4.69, 9.17) is 11.6 Å². The molecular weight excluding hydrogens is 262 g/mol. The van der Waals surface area contributed by atoms with Crippen molar-refractivity contribution in [3.8, 4) is 0 Å². The molecule has 7 heteroatoms. The normalized spacial score (nSPS) is 17.9. The zero-order chi connectivity index (χ0) is 12.3. The predicted octanol–water partition coefficient (Wildman–Crippen LogP) is 0.902. The third-order valence-electron chi connectivity index (χ3n) is 2.53. The monoisotopic (exact) mass is 275 g/mol. The van der Waals surface area contributed by atoms with Gasteiger partial charge < -0.3 is 5.32 Å². The van der Waals surface area contributed by atoms with Crippen LogP contribution in [-0.2, 0) is 10.2 Å². The van der Waals surface area contributed by atoms with E-state index in [1.54, 1.807) is 24.3 Å². The second-order valence-electron chi connectivity index (χ2n) is 3.74. The minimum Gasteiger partial charge on any atom is -0.314 e. The van der Waals surface area contributed by atoms with Gasteiger partial charge >= 0.3 is 10.2 Å². The summed E-state index contributed by atoms with van der Waals surface area (Å²) >= 11 is 5.91. The molecule has 0 bridgehead atoms. The van der Waals surface area contributed by atoms with Gasteiger partial charge in [-0.2, -0.15) is 12.7 Å². The molecule has 0 spiro atoms. The van der Waals surface area contributed by atoms with E-state index in [2.05, 4.69) is 10.0 Å². The van der Waals surface area contributed by atoms with E-state index in [0.717, 1.165) is 0 Å². The summed E-state index contributed by atoms with van der Waals surface area (Å²) in [6, 6.07) is 6.78. The van der Waals surface area contributed by atoms with Gasteiger partial charge in [0.25, 0.3) is 0 Å². The van der Waals surface area contributed by atoms with E-state index in [9.17, 15) is 8.42 Å². The third-order valence-corrected chi connectivity index (χ3v) is 4.38. The molecule has 0 atom stereocenters. The number of piperazine rings is 1. The Morgan fingerprint density at radius 1 is 1.24 bits per heavy atom. The maximum atomic E-state index is 12.0. The Kier molecular flexibility index (Phi) is 3.88. The van der Waals surface area contributed by atoms with Gasteiger partial charge in [-0.05, 0) is 12.1 Å². The van der Waals surface area contributed by atoms with Crippen LogP contribution in [0.1, 0.15) is 0 Å². The molecule has 1 aliphatic heterocycles. The molecule has 2 N–H and O–H groups in total. The van der Waals surface area contributed by atoms with E-state index in [1.807, 2.05) is 0 Å². The van der Waals surface area contributed by atoms with Crippen LogP contribution in [0.25, 0.3) is 0 Å². The van der Waals surface area contributed by atoms with Crippen molar-refractivity contribution in [2.75, 3.05) is 30.9 Å². The molecule has 94 valence electrons. The van der Waals surface area contributed by atoms with Gasteiger partial charge in [0, 0.05) is 26.2 Å². The van der Waals surface area contributed by atoms with Gasteiger partial charge in [-0.3, -0.25) is 4.72 Å². The Morgan fingerprint density at radius 3 is 2.53 bits per heavy atom. The lowest BCUT2D eigenvalue weighted by Gasteiger charge is -2.27. The molecule has 1 aliphatic rings. The number of benzene rings is 1. The molecule has 5 nitrogen and oxygen atoms in total. The highest BCUT2D eigenvalue weighted by Gasteiger charge is 2.23. The lowest BCUT2D eigenvalue weighted by Crippen LogP contribution is -2.48. The van der Waals surface area contributed by atoms with Gasteiger partial charge in [-0.15, -0.1) is 0 Å². The molecule has 1 saturated heterocycles. The fourth-order valence-electron chi connectivity index (χ4n) is 1.63. The summed E-state index contributed by atoms with van der Waals surface area (Å²) in [5.41, 5.74) is 0.410. The molecule has 0 amide bonds. The smallest absolute Gasteiger partial charge is 0.301 e. The number of nitrogens with one attached hydrogen (secondary N) is 2. The molecule has 0 aliphatic carbocycles. The van der Waals surface area contributed by atoms with Crippen molar-refractivity contribution in [1.82, 2.24) is 9.62 Å². The van der Waals surface area contributed by atoms with Gasteiger partial charge in [-0.1, -0.05) is 23.7 Å². The Hall–Kier alpha value is -0.820. The highest BCUT2D eigenvalue weighted by Crippen LogP contribution is 2.22. The first-order valence-corrected chi connectivity index (χ1v) is 7.14. The molecule has 17 heavy (non-hydrogen) atoms. The number of rotatable bonds is 3. The summed E-state index contributed by atoms with van der Waals surface area (Å²) in [4.78, 5) is 0. The SMILES string of the molecule is O=S(=O)(Nc1ccccc1Cl)N1CCNCC1. The van der Waals surface area contributed by atoms with E-state index in [0.29, 0.717) is 36.9 Å². The predicted molar refractivity (Wildman–Crippen MR) is 68.4 cm³/mol. The Morgan fingerprint density at radius 2 is 1.88 bits per heavy atom. The van der Waals surface area contributed by atoms with E-state index in [1.165, 1.54) is 4.31 Å². The van der Waals surface area contributed by atoms with Crippen molar-refractivity contribution in [3.05, 3.63) is 29.3 Å². The number of para-hydroxylation sites is 1. The van der Waals surface area contributed by atoms with Crippen LogP contribution in [0, 0.1) is 0 Å². The quantitative estimate of drug-likeness (QED) is 0.862. The average molecular weight is 276 g/mol. The second-order valence-corrected chi connectivity index (χ2v) is 5.81. The van der Waals surface area contributed by atoms with Gasteiger partial charge in [-0.25, -0.2) is 0 Å². The summed E-state index contributed by atoms with van der Waals surface area (Å²) in [5, 5.41) is 3.50. The number of nitrogens with zero attached hydrogens (tertiary/aromatic N) is 1. The Bertz CT molecular complexity index is 486. The van der Waals surface area contributed by atoms with Crippen LogP contribution in [-0.4, -0.2) is 38.9 Å². The first-order valence-electron chi connectivity index (χ1n) is 5.33.